The normalized spacial score (nSPS) is 14.9. The lowest BCUT2D eigenvalue weighted by atomic mass is 10.1. The summed E-state index contributed by atoms with van der Waals surface area (Å²) in [5.74, 6) is 2.24. The highest BCUT2D eigenvalue weighted by atomic mass is 32.1. The quantitative estimate of drug-likeness (QED) is 0.594. The van der Waals surface area contributed by atoms with E-state index in [4.69, 9.17) is 9.26 Å². The Morgan fingerprint density at radius 1 is 1.17 bits per heavy atom. The Hall–Kier alpha value is -2.71. The van der Waals surface area contributed by atoms with Crippen LogP contribution in [0, 0.1) is 0 Å². The average Bonchev–Trinajstić information content (AvgIpc) is 3.42. The van der Waals surface area contributed by atoms with E-state index in [2.05, 4.69) is 15.0 Å². The van der Waals surface area contributed by atoms with Gasteiger partial charge in [-0.25, -0.2) is 0 Å². The Labute approximate surface area is 173 Å². The molecular weight excluding hydrogens is 388 g/mol. The maximum Gasteiger partial charge on any atom is 0.241 e. The first-order valence-electron chi connectivity index (χ1n) is 9.79. The van der Waals surface area contributed by atoms with E-state index in [0.717, 1.165) is 29.3 Å². The smallest absolute Gasteiger partial charge is 0.241 e. The van der Waals surface area contributed by atoms with Crippen LogP contribution in [-0.2, 0) is 17.8 Å². The van der Waals surface area contributed by atoms with E-state index in [1.807, 2.05) is 53.6 Å². The maximum atomic E-state index is 12.6. The van der Waals surface area contributed by atoms with Crippen LogP contribution in [0.2, 0.25) is 0 Å². The van der Waals surface area contributed by atoms with Crippen LogP contribution in [0.4, 0.5) is 0 Å². The second-order valence-corrected chi connectivity index (χ2v) is 7.85. The van der Waals surface area contributed by atoms with E-state index >= 15 is 0 Å². The third kappa shape index (κ3) is 5.02. The van der Waals surface area contributed by atoms with Crippen LogP contribution in [0.15, 0.2) is 46.3 Å². The molecule has 8 heteroatoms. The van der Waals surface area contributed by atoms with Crippen molar-refractivity contribution in [1.82, 2.24) is 19.9 Å². The molecule has 2 aromatic heterocycles. The molecule has 1 aliphatic heterocycles. The molecule has 1 aromatic carbocycles. The highest BCUT2D eigenvalue weighted by Gasteiger charge is 2.23. The molecule has 0 bridgehead atoms. The second kappa shape index (κ2) is 9.19. The van der Waals surface area contributed by atoms with Crippen LogP contribution < -0.4 is 4.74 Å². The van der Waals surface area contributed by atoms with Crippen LogP contribution in [0.5, 0.6) is 5.75 Å². The number of piperazine rings is 1. The molecule has 29 heavy (non-hydrogen) atoms. The summed E-state index contributed by atoms with van der Waals surface area (Å²) in [5, 5.41) is 6.05. The second-order valence-electron chi connectivity index (χ2n) is 6.90. The summed E-state index contributed by atoms with van der Waals surface area (Å²) in [6.45, 7) is 6.22. The number of carbonyl (C=O) groups excluding carboxylic acids is 1. The summed E-state index contributed by atoms with van der Waals surface area (Å²) >= 11 is 1.59. The maximum absolute atomic E-state index is 12.6. The van der Waals surface area contributed by atoms with Crippen molar-refractivity contribution in [3.8, 4) is 16.5 Å². The van der Waals surface area contributed by atoms with Crippen LogP contribution in [0.1, 0.15) is 18.4 Å². The van der Waals surface area contributed by atoms with Crippen molar-refractivity contribution < 1.29 is 14.1 Å². The largest absolute Gasteiger partial charge is 0.494 e. The molecule has 3 aromatic rings. The zero-order chi connectivity index (χ0) is 20.1. The summed E-state index contributed by atoms with van der Waals surface area (Å²) < 4.78 is 10.8. The minimum atomic E-state index is 0.159. The van der Waals surface area contributed by atoms with E-state index < -0.39 is 0 Å². The average molecular weight is 413 g/mol. The van der Waals surface area contributed by atoms with Crippen LogP contribution in [0.3, 0.4) is 0 Å². The van der Waals surface area contributed by atoms with Gasteiger partial charge in [-0.05, 0) is 36.1 Å². The van der Waals surface area contributed by atoms with Gasteiger partial charge in [0.15, 0.2) is 0 Å². The zero-order valence-electron chi connectivity index (χ0n) is 16.4. The number of thiophene rings is 1. The SMILES string of the molecule is CCOc1ccc(CC(=O)N2CCN(Cc3nc(-c4cccs4)no3)CC2)cc1. The van der Waals surface area contributed by atoms with Gasteiger partial charge in [-0.3, -0.25) is 9.69 Å². The third-order valence-corrected chi connectivity index (χ3v) is 5.75. The van der Waals surface area contributed by atoms with Gasteiger partial charge >= 0.3 is 0 Å². The lowest BCUT2D eigenvalue weighted by Crippen LogP contribution is -2.48. The van der Waals surface area contributed by atoms with E-state index in [1.165, 1.54) is 0 Å². The minimum absolute atomic E-state index is 0.159. The van der Waals surface area contributed by atoms with Crippen LogP contribution in [0.25, 0.3) is 10.7 Å². The molecule has 0 aliphatic carbocycles. The fourth-order valence-electron chi connectivity index (χ4n) is 3.33. The predicted octanol–water partition coefficient (Wildman–Crippen LogP) is 3.08. The van der Waals surface area contributed by atoms with Crippen molar-refractivity contribution in [3.63, 3.8) is 0 Å². The molecule has 0 atom stereocenters. The van der Waals surface area contributed by atoms with Gasteiger partial charge in [0.25, 0.3) is 0 Å². The molecular formula is C21H24N4O3S. The van der Waals surface area contributed by atoms with Crippen LogP contribution in [-0.4, -0.2) is 58.6 Å². The third-order valence-electron chi connectivity index (χ3n) is 4.88. The predicted molar refractivity (Wildman–Crippen MR) is 111 cm³/mol. The number of ether oxygens (including phenoxy) is 1. The van der Waals surface area contributed by atoms with Gasteiger partial charge in [0.05, 0.1) is 24.4 Å². The van der Waals surface area contributed by atoms with Crippen molar-refractivity contribution in [2.75, 3.05) is 32.8 Å². The fraction of sp³-hybridized carbons (Fsp3) is 0.381. The van der Waals surface area contributed by atoms with Crippen molar-refractivity contribution in [1.29, 1.82) is 0 Å². The lowest BCUT2D eigenvalue weighted by Gasteiger charge is -2.34. The van der Waals surface area contributed by atoms with Crippen molar-refractivity contribution in [3.05, 3.63) is 53.2 Å². The number of nitrogens with zero attached hydrogens (tertiary/aromatic N) is 4. The van der Waals surface area contributed by atoms with Crippen LogP contribution >= 0.6 is 11.3 Å². The number of rotatable bonds is 7. The molecule has 152 valence electrons. The summed E-state index contributed by atoms with van der Waals surface area (Å²) in [6.07, 6.45) is 0.417. The minimum Gasteiger partial charge on any atom is -0.494 e. The lowest BCUT2D eigenvalue weighted by molar-refractivity contribution is -0.132. The Bertz CT molecular complexity index is 916. The molecule has 3 heterocycles. The fourth-order valence-corrected chi connectivity index (χ4v) is 3.98. The molecule has 0 saturated carbocycles. The van der Waals surface area contributed by atoms with Crippen molar-refractivity contribution in [2.24, 2.45) is 0 Å². The molecule has 1 amide bonds. The van der Waals surface area contributed by atoms with Crippen molar-refractivity contribution >= 4 is 17.2 Å². The first-order chi connectivity index (χ1) is 14.2. The summed E-state index contributed by atoms with van der Waals surface area (Å²) in [5.41, 5.74) is 1.01. The summed E-state index contributed by atoms with van der Waals surface area (Å²) in [7, 11) is 0. The van der Waals surface area contributed by atoms with Gasteiger partial charge in [-0.1, -0.05) is 23.4 Å². The molecule has 0 radical (unpaired) electrons. The first-order valence-corrected chi connectivity index (χ1v) is 10.7. The Kier molecular flexibility index (Phi) is 6.21. The topological polar surface area (TPSA) is 71.7 Å². The molecule has 0 unspecified atom stereocenters. The van der Waals surface area contributed by atoms with Gasteiger partial charge in [-0.2, -0.15) is 4.98 Å². The molecule has 1 aliphatic rings. The molecule has 1 fully saturated rings. The van der Waals surface area contributed by atoms with E-state index in [0.29, 0.717) is 44.4 Å². The number of carbonyl (C=O) groups is 1. The zero-order valence-corrected chi connectivity index (χ0v) is 17.2. The molecule has 7 nitrogen and oxygen atoms in total. The van der Waals surface area contributed by atoms with Gasteiger partial charge in [0.1, 0.15) is 5.75 Å². The van der Waals surface area contributed by atoms with Gasteiger partial charge in [-0.15, -0.1) is 11.3 Å². The number of hydrogen-bond acceptors (Lipinski definition) is 7. The standard InChI is InChI=1S/C21H24N4O3S/c1-2-27-17-7-5-16(6-8-17)14-20(26)25-11-9-24(10-12-25)15-19-22-21(23-28-19)18-4-3-13-29-18/h3-8,13H,2,9-12,14-15H2,1H3. The van der Waals surface area contributed by atoms with Gasteiger partial charge in [0.2, 0.25) is 17.6 Å². The number of hydrogen-bond donors (Lipinski definition) is 0. The van der Waals surface area contributed by atoms with E-state index in [-0.39, 0.29) is 5.91 Å². The molecule has 4 rings (SSSR count). The Morgan fingerprint density at radius 3 is 2.66 bits per heavy atom. The van der Waals surface area contributed by atoms with E-state index in [1.54, 1.807) is 11.3 Å². The summed E-state index contributed by atoms with van der Waals surface area (Å²) in [4.78, 5) is 22.3. The highest BCUT2D eigenvalue weighted by Crippen LogP contribution is 2.22. The number of amides is 1. The van der Waals surface area contributed by atoms with Gasteiger partial charge < -0.3 is 14.2 Å². The Balaban J connectivity index is 1.25. The first kappa shape index (κ1) is 19.6. The summed E-state index contributed by atoms with van der Waals surface area (Å²) in [6, 6.07) is 11.7. The molecule has 0 N–H and O–H groups in total. The number of aromatic nitrogens is 2. The van der Waals surface area contributed by atoms with E-state index in [9.17, 15) is 4.79 Å². The van der Waals surface area contributed by atoms with Crippen molar-refractivity contribution in [2.45, 2.75) is 19.9 Å². The molecule has 0 spiro atoms. The Morgan fingerprint density at radius 2 is 1.97 bits per heavy atom. The number of benzene rings is 1. The highest BCUT2D eigenvalue weighted by molar-refractivity contribution is 7.13. The van der Waals surface area contributed by atoms with Gasteiger partial charge in [0, 0.05) is 26.2 Å². The monoisotopic (exact) mass is 412 g/mol. The molecule has 1 saturated heterocycles.